The molecule has 1 heterocycles. The van der Waals surface area contributed by atoms with Crippen LogP contribution in [0.3, 0.4) is 0 Å². The van der Waals surface area contributed by atoms with Gasteiger partial charge in [0.05, 0.1) is 44.3 Å². The Bertz CT molecular complexity index is 2110. The number of hydrogen-bond acceptors (Lipinski definition) is 7. The van der Waals surface area contributed by atoms with Gasteiger partial charge in [-0.15, -0.1) is 0 Å². The van der Waals surface area contributed by atoms with Crippen LogP contribution in [0, 0.1) is 23.1 Å². The normalized spacial score (nSPS) is 14.7. The predicted octanol–water partition coefficient (Wildman–Crippen LogP) is 6.74. The Kier molecular flexibility index (Phi) is 11.7. The number of anilines is 1. The molecule has 0 saturated heterocycles. The van der Waals surface area contributed by atoms with Crippen LogP contribution in [0.2, 0.25) is 0 Å². The number of alkyl carbamates (subject to hydrolysis) is 1. The van der Waals surface area contributed by atoms with Gasteiger partial charge in [-0.05, 0) is 113 Å². The van der Waals surface area contributed by atoms with E-state index in [0.717, 1.165) is 24.8 Å². The van der Waals surface area contributed by atoms with Gasteiger partial charge in [-0.2, -0.15) is 10.4 Å². The van der Waals surface area contributed by atoms with Gasteiger partial charge in [-0.1, -0.05) is 43.2 Å². The van der Waals surface area contributed by atoms with E-state index in [-0.39, 0.29) is 23.6 Å². The Morgan fingerprint density at radius 3 is 2.30 bits per heavy atom. The summed E-state index contributed by atoms with van der Waals surface area (Å²) >= 11 is 0. The third kappa shape index (κ3) is 9.77. The lowest BCUT2D eigenvalue weighted by molar-refractivity contribution is 0.0523. The van der Waals surface area contributed by atoms with Gasteiger partial charge in [0, 0.05) is 12.6 Å². The van der Waals surface area contributed by atoms with Crippen LogP contribution in [0.4, 0.5) is 14.9 Å². The van der Waals surface area contributed by atoms with Crippen LogP contribution in [0.1, 0.15) is 110 Å². The first-order valence-electron chi connectivity index (χ1n) is 17.7. The van der Waals surface area contributed by atoms with E-state index in [1.165, 1.54) is 22.9 Å². The number of ether oxygens (including phenoxy) is 1. The van der Waals surface area contributed by atoms with Gasteiger partial charge in [0.15, 0.2) is 5.69 Å². The lowest BCUT2D eigenvalue weighted by atomic mass is 9.79. The molecule has 284 valence electrons. The van der Waals surface area contributed by atoms with Gasteiger partial charge in [-0.3, -0.25) is 9.59 Å². The van der Waals surface area contributed by atoms with Crippen molar-refractivity contribution in [3.8, 4) is 11.8 Å². The van der Waals surface area contributed by atoms with E-state index in [4.69, 9.17) is 10.5 Å². The number of carbonyl (C=O) groups excluding carboxylic acids is 3. The zero-order chi connectivity index (χ0) is 39.4. The average molecular weight is 756 g/mol. The number of rotatable bonds is 13. The van der Waals surface area contributed by atoms with E-state index in [2.05, 4.69) is 26.5 Å². The molecule has 3 aromatic carbocycles. The van der Waals surface area contributed by atoms with E-state index in [1.807, 2.05) is 20.8 Å². The van der Waals surface area contributed by atoms with Crippen LogP contribution in [-0.2, 0) is 27.8 Å². The summed E-state index contributed by atoms with van der Waals surface area (Å²) in [4.78, 5) is 38.5. The van der Waals surface area contributed by atoms with Crippen LogP contribution in [0.15, 0.2) is 72.8 Å². The molecule has 4 aromatic rings. The van der Waals surface area contributed by atoms with Gasteiger partial charge >= 0.3 is 6.09 Å². The highest BCUT2D eigenvalue weighted by Crippen LogP contribution is 2.43. The van der Waals surface area contributed by atoms with Crippen molar-refractivity contribution in [1.82, 2.24) is 19.8 Å². The second-order valence-corrected chi connectivity index (χ2v) is 17.4. The number of benzene rings is 3. The van der Waals surface area contributed by atoms with Crippen molar-refractivity contribution in [1.29, 1.82) is 5.26 Å². The summed E-state index contributed by atoms with van der Waals surface area (Å²) in [6.45, 7) is 10.9. The molecule has 1 saturated carbocycles. The summed E-state index contributed by atoms with van der Waals surface area (Å²) in [5.41, 5.74) is 6.09. The third-order valence-corrected chi connectivity index (χ3v) is 10.5. The number of primary amides is 1. The minimum Gasteiger partial charge on any atom is -0.444 e. The Balaban J connectivity index is 1.52. The lowest BCUT2D eigenvalue weighted by Crippen LogP contribution is -2.49. The molecular weight excluding hydrogens is 710 g/mol. The van der Waals surface area contributed by atoms with Crippen molar-refractivity contribution < 1.29 is 27.7 Å². The monoisotopic (exact) mass is 755 g/mol. The highest BCUT2D eigenvalue weighted by Gasteiger charge is 2.40. The van der Waals surface area contributed by atoms with Crippen molar-refractivity contribution in [3.63, 3.8) is 0 Å². The second-order valence-electron chi connectivity index (χ2n) is 15.4. The minimum absolute atomic E-state index is 0.0992. The van der Waals surface area contributed by atoms with E-state index in [1.54, 1.807) is 75.4 Å². The number of halogens is 1. The summed E-state index contributed by atoms with van der Waals surface area (Å²) in [6, 6.07) is 21.5. The van der Waals surface area contributed by atoms with E-state index in [0.29, 0.717) is 34.7 Å². The average Bonchev–Trinajstić information content (AvgIpc) is 3.83. The summed E-state index contributed by atoms with van der Waals surface area (Å²) in [6.07, 6.45) is 2.87. The Morgan fingerprint density at radius 2 is 1.69 bits per heavy atom. The first-order chi connectivity index (χ1) is 25.4. The molecule has 3 amide bonds. The number of amides is 3. The van der Waals surface area contributed by atoms with Crippen LogP contribution < -0.4 is 21.1 Å². The van der Waals surface area contributed by atoms with Gasteiger partial charge in [-0.25, -0.2) is 22.8 Å². The van der Waals surface area contributed by atoms with Crippen LogP contribution in [-0.4, -0.2) is 42.2 Å². The topological polar surface area (TPSA) is 181 Å². The highest BCUT2D eigenvalue weighted by molar-refractivity contribution is 7.84. The molecule has 5 rings (SSSR count). The van der Waals surface area contributed by atoms with Crippen molar-refractivity contribution in [2.45, 2.75) is 89.7 Å². The molecular formula is C40H46FN7O5S. The fourth-order valence-corrected chi connectivity index (χ4v) is 6.77. The second kappa shape index (κ2) is 15.9. The molecule has 2 atom stereocenters. The van der Waals surface area contributed by atoms with Crippen molar-refractivity contribution in [3.05, 3.63) is 112 Å². The maximum absolute atomic E-state index is 15.7. The largest absolute Gasteiger partial charge is 0.444 e. The van der Waals surface area contributed by atoms with Gasteiger partial charge in [0.2, 0.25) is 0 Å². The molecule has 1 aliphatic carbocycles. The number of nitrogens with zero attached hydrogens (tertiary/aromatic N) is 3. The molecule has 0 aliphatic heterocycles. The Morgan fingerprint density at radius 1 is 1.00 bits per heavy atom. The molecule has 1 fully saturated rings. The summed E-state index contributed by atoms with van der Waals surface area (Å²) < 4.78 is 38.8. The molecule has 5 N–H and O–H groups in total. The minimum atomic E-state index is -1.58. The SMILES string of the molecule is CC(C)(C)OC(=O)NCc1cccc(-n2nc(C(N)=O)cc2C(=O)Nc2cc(C(CCC3CC3)(N[S@](=O)C(C)(C)C)c3ccc(C#N)cc3)ccc2F)c1. The van der Waals surface area contributed by atoms with Gasteiger partial charge in [0.25, 0.3) is 11.8 Å². The first-order valence-corrected chi connectivity index (χ1v) is 18.8. The zero-order valence-electron chi connectivity index (χ0n) is 31.3. The van der Waals surface area contributed by atoms with Crippen LogP contribution >= 0.6 is 0 Å². The van der Waals surface area contributed by atoms with E-state index >= 15 is 4.39 Å². The molecule has 1 aromatic heterocycles. The van der Waals surface area contributed by atoms with E-state index < -0.39 is 50.6 Å². The first kappa shape index (κ1) is 39.8. The van der Waals surface area contributed by atoms with Gasteiger partial charge in [0.1, 0.15) is 17.1 Å². The summed E-state index contributed by atoms with van der Waals surface area (Å²) in [5.74, 6) is -1.88. The third-order valence-electron chi connectivity index (χ3n) is 8.85. The Hall–Kier alpha value is -5.39. The molecule has 0 bridgehead atoms. The van der Waals surface area contributed by atoms with E-state index in [9.17, 15) is 23.9 Å². The predicted molar refractivity (Wildman–Crippen MR) is 204 cm³/mol. The van der Waals surface area contributed by atoms with Crippen molar-refractivity contribution in [2.24, 2.45) is 11.7 Å². The van der Waals surface area contributed by atoms with Crippen LogP contribution in [0.25, 0.3) is 5.69 Å². The lowest BCUT2D eigenvalue weighted by Gasteiger charge is -2.38. The fourth-order valence-electron chi connectivity index (χ4n) is 5.81. The number of aromatic nitrogens is 2. The maximum atomic E-state index is 15.7. The molecule has 12 nitrogen and oxygen atoms in total. The summed E-state index contributed by atoms with van der Waals surface area (Å²) in [5, 5.41) is 19.1. The Labute approximate surface area is 317 Å². The quantitative estimate of drug-likeness (QED) is 0.117. The zero-order valence-corrected chi connectivity index (χ0v) is 32.1. The molecule has 0 radical (unpaired) electrons. The standard InChI is InChI=1S/C40H46FN7O5S/c1-38(2,3)53-37(51)44-24-27-8-7-9-30(20-27)48-34(22-33(46-48)35(43)49)36(50)45-32-21-29(16-17-31(32)41)40(19-18-25-10-11-25,47-54(52)39(4,5)6)28-14-12-26(23-42)13-15-28/h7-9,12-17,20-22,25,47H,10-11,18-19,24H2,1-6H3,(H2,43,49)(H,44,51)(H,45,50)/t40?,54-/m1/s1. The number of carbonyl (C=O) groups is 3. The maximum Gasteiger partial charge on any atom is 0.407 e. The molecule has 1 unspecified atom stereocenters. The number of hydrogen-bond donors (Lipinski definition) is 4. The smallest absolute Gasteiger partial charge is 0.407 e. The highest BCUT2D eigenvalue weighted by atomic mass is 32.2. The van der Waals surface area contributed by atoms with Gasteiger partial charge < -0.3 is 21.1 Å². The molecule has 1 aliphatic rings. The van der Waals surface area contributed by atoms with Crippen molar-refractivity contribution in [2.75, 3.05) is 5.32 Å². The molecule has 14 heteroatoms. The van der Waals surface area contributed by atoms with Crippen molar-refractivity contribution >= 4 is 34.6 Å². The fraction of sp³-hybridized carbons (Fsp3) is 0.375. The molecule has 54 heavy (non-hydrogen) atoms. The molecule has 0 spiro atoms. The number of nitrogens with one attached hydrogen (secondary N) is 3. The summed E-state index contributed by atoms with van der Waals surface area (Å²) in [7, 11) is -1.58. The van der Waals surface area contributed by atoms with Crippen LogP contribution in [0.5, 0.6) is 0 Å². The number of nitriles is 1. The number of nitrogens with two attached hydrogens (primary N) is 1.